The van der Waals surface area contributed by atoms with Gasteiger partial charge in [0.15, 0.2) is 11.6 Å². The molecule has 0 radical (unpaired) electrons. The first-order chi connectivity index (χ1) is 13.1. The Morgan fingerprint density at radius 2 is 2.07 bits per heavy atom. The van der Waals surface area contributed by atoms with E-state index in [9.17, 15) is 5.11 Å². The summed E-state index contributed by atoms with van der Waals surface area (Å²) in [6.07, 6.45) is 0.945. The highest BCUT2D eigenvalue weighted by Gasteiger charge is 2.24. The van der Waals surface area contributed by atoms with E-state index in [1.165, 1.54) is 0 Å². The average Bonchev–Trinajstić information content (AvgIpc) is 3.36. The predicted molar refractivity (Wildman–Crippen MR) is 102 cm³/mol. The maximum absolute atomic E-state index is 9.42. The van der Waals surface area contributed by atoms with Gasteiger partial charge >= 0.3 is 0 Å². The fourth-order valence-corrected chi connectivity index (χ4v) is 3.55. The van der Waals surface area contributed by atoms with Crippen molar-refractivity contribution in [1.82, 2.24) is 24.5 Å². The molecule has 0 bridgehead atoms. The molecule has 1 atom stereocenters. The Kier molecular flexibility index (Phi) is 5.05. The van der Waals surface area contributed by atoms with Crippen LogP contribution in [0, 0.1) is 13.8 Å². The number of benzene rings is 1. The van der Waals surface area contributed by atoms with Crippen molar-refractivity contribution in [2.24, 2.45) is 0 Å². The lowest BCUT2D eigenvalue weighted by Crippen LogP contribution is -2.08. The van der Waals surface area contributed by atoms with Crippen LogP contribution in [0.25, 0.3) is 11.4 Å². The highest BCUT2D eigenvalue weighted by atomic mass is 16.5. The van der Waals surface area contributed by atoms with Gasteiger partial charge in [-0.2, -0.15) is 10.2 Å². The van der Waals surface area contributed by atoms with Crippen LogP contribution in [-0.2, 0) is 17.8 Å². The molecule has 1 fully saturated rings. The number of rotatable bonds is 6. The normalized spacial score (nSPS) is 16.9. The molecule has 4 rings (SSSR count). The van der Waals surface area contributed by atoms with Gasteiger partial charge in [-0.25, -0.2) is 9.67 Å². The highest BCUT2D eigenvalue weighted by Crippen LogP contribution is 2.26. The molecule has 0 spiro atoms. The standard InChI is InChI=1S/C20H25N5O2/c1-14-10-15(2)25(22-14)12-16-4-3-5-17(11-16)20-21-19(18-6-9-27-13-18)23-24(20)7-8-26/h3-5,10-11,18,26H,6-9,12-13H2,1-2H3/t18-/m1/s1. The number of aliphatic hydroxyl groups is 1. The second-order valence-corrected chi connectivity index (χ2v) is 7.09. The molecular formula is C20H25N5O2. The summed E-state index contributed by atoms with van der Waals surface area (Å²) in [5.41, 5.74) is 4.32. The fourth-order valence-electron chi connectivity index (χ4n) is 3.55. The highest BCUT2D eigenvalue weighted by molar-refractivity contribution is 5.56. The average molecular weight is 367 g/mol. The van der Waals surface area contributed by atoms with Crippen molar-refractivity contribution in [3.8, 4) is 11.4 Å². The van der Waals surface area contributed by atoms with Crippen LogP contribution in [0.3, 0.4) is 0 Å². The predicted octanol–water partition coefficient (Wildman–Crippen LogP) is 2.30. The quantitative estimate of drug-likeness (QED) is 0.723. The maximum atomic E-state index is 9.42. The van der Waals surface area contributed by atoms with Crippen molar-refractivity contribution in [3.63, 3.8) is 0 Å². The molecule has 3 heterocycles. The van der Waals surface area contributed by atoms with Gasteiger partial charge in [0.1, 0.15) is 0 Å². The third kappa shape index (κ3) is 3.79. The van der Waals surface area contributed by atoms with E-state index >= 15 is 0 Å². The number of ether oxygens (including phenoxy) is 1. The first kappa shape index (κ1) is 17.9. The number of hydrogen-bond donors (Lipinski definition) is 1. The summed E-state index contributed by atoms with van der Waals surface area (Å²) in [6, 6.07) is 10.4. The summed E-state index contributed by atoms with van der Waals surface area (Å²) in [4.78, 5) is 4.79. The Labute approximate surface area is 158 Å². The van der Waals surface area contributed by atoms with E-state index < -0.39 is 0 Å². The lowest BCUT2D eigenvalue weighted by molar-refractivity contribution is 0.193. The van der Waals surface area contributed by atoms with E-state index in [0.29, 0.717) is 19.7 Å². The van der Waals surface area contributed by atoms with Crippen LogP contribution in [0.1, 0.15) is 35.1 Å². The minimum absolute atomic E-state index is 0.0302. The van der Waals surface area contributed by atoms with Crippen LogP contribution in [0.5, 0.6) is 0 Å². The molecule has 1 N–H and O–H groups in total. The molecule has 1 aromatic carbocycles. The summed E-state index contributed by atoms with van der Waals surface area (Å²) < 4.78 is 9.29. The summed E-state index contributed by atoms with van der Waals surface area (Å²) in [5.74, 6) is 1.84. The molecule has 1 aliphatic heterocycles. The van der Waals surface area contributed by atoms with Crippen LogP contribution >= 0.6 is 0 Å². The fraction of sp³-hybridized carbons (Fsp3) is 0.450. The zero-order valence-corrected chi connectivity index (χ0v) is 15.8. The number of aryl methyl sites for hydroxylation is 2. The molecule has 1 saturated heterocycles. The molecule has 7 nitrogen and oxygen atoms in total. The van der Waals surface area contributed by atoms with Gasteiger partial charge < -0.3 is 9.84 Å². The van der Waals surface area contributed by atoms with Crippen LogP contribution in [0.2, 0.25) is 0 Å². The molecule has 0 unspecified atom stereocenters. The van der Waals surface area contributed by atoms with Crippen molar-refractivity contribution in [1.29, 1.82) is 0 Å². The Morgan fingerprint density at radius 3 is 2.78 bits per heavy atom. The van der Waals surface area contributed by atoms with Gasteiger partial charge in [0.05, 0.1) is 32.0 Å². The molecule has 0 saturated carbocycles. The number of aromatic nitrogens is 5. The van der Waals surface area contributed by atoms with E-state index in [0.717, 1.165) is 47.2 Å². The van der Waals surface area contributed by atoms with E-state index in [-0.39, 0.29) is 12.5 Å². The minimum Gasteiger partial charge on any atom is -0.394 e. The third-order valence-corrected chi connectivity index (χ3v) is 4.92. The van der Waals surface area contributed by atoms with Crippen molar-refractivity contribution < 1.29 is 9.84 Å². The number of hydrogen-bond acceptors (Lipinski definition) is 5. The molecule has 1 aliphatic rings. The largest absolute Gasteiger partial charge is 0.394 e. The van der Waals surface area contributed by atoms with Crippen LogP contribution in [0.4, 0.5) is 0 Å². The Bertz CT molecular complexity index is 924. The van der Waals surface area contributed by atoms with Crippen molar-refractivity contribution in [2.75, 3.05) is 19.8 Å². The smallest absolute Gasteiger partial charge is 0.158 e. The van der Waals surface area contributed by atoms with E-state index in [1.807, 2.05) is 23.7 Å². The second-order valence-electron chi connectivity index (χ2n) is 7.09. The first-order valence-corrected chi connectivity index (χ1v) is 9.38. The van der Waals surface area contributed by atoms with Gasteiger partial charge in [-0.05, 0) is 38.0 Å². The summed E-state index contributed by atoms with van der Waals surface area (Å²) >= 11 is 0. The topological polar surface area (TPSA) is 78.0 Å². The Hall–Kier alpha value is -2.51. The second kappa shape index (κ2) is 7.62. The summed E-state index contributed by atoms with van der Waals surface area (Å²) in [7, 11) is 0. The van der Waals surface area contributed by atoms with Gasteiger partial charge in [0.25, 0.3) is 0 Å². The molecule has 142 valence electrons. The molecular weight excluding hydrogens is 342 g/mol. The lowest BCUT2D eigenvalue weighted by atomic mass is 10.1. The van der Waals surface area contributed by atoms with E-state index in [1.54, 1.807) is 4.68 Å². The SMILES string of the molecule is Cc1cc(C)n(Cc2cccc(-c3nc([C@@H]4CCOC4)nn3CCO)c2)n1. The van der Waals surface area contributed by atoms with Crippen molar-refractivity contribution >= 4 is 0 Å². The van der Waals surface area contributed by atoms with Gasteiger partial charge in [-0.1, -0.05) is 18.2 Å². The van der Waals surface area contributed by atoms with E-state index in [4.69, 9.17) is 9.72 Å². The lowest BCUT2D eigenvalue weighted by Gasteiger charge is -2.08. The zero-order chi connectivity index (χ0) is 18.8. The zero-order valence-electron chi connectivity index (χ0n) is 15.8. The molecule has 0 amide bonds. The monoisotopic (exact) mass is 367 g/mol. The summed E-state index contributed by atoms with van der Waals surface area (Å²) in [6.45, 7) is 6.67. The molecule has 27 heavy (non-hydrogen) atoms. The van der Waals surface area contributed by atoms with E-state index in [2.05, 4.69) is 35.3 Å². The van der Waals surface area contributed by atoms with Gasteiger partial charge in [0.2, 0.25) is 0 Å². The maximum Gasteiger partial charge on any atom is 0.158 e. The van der Waals surface area contributed by atoms with Crippen LogP contribution in [-0.4, -0.2) is 49.5 Å². The van der Waals surface area contributed by atoms with Gasteiger partial charge in [0, 0.05) is 23.8 Å². The molecule has 0 aliphatic carbocycles. The van der Waals surface area contributed by atoms with Crippen molar-refractivity contribution in [2.45, 2.75) is 39.3 Å². The van der Waals surface area contributed by atoms with Crippen LogP contribution < -0.4 is 0 Å². The number of aliphatic hydroxyl groups excluding tert-OH is 1. The third-order valence-electron chi connectivity index (χ3n) is 4.92. The molecule has 2 aromatic heterocycles. The van der Waals surface area contributed by atoms with Gasteiger partial charge in [-0.15, -0.1) is 0 Å². The van der Waals surface area contributed by atoms with Gasteiger partial charge in [-0.3, -0.25) is 4.68 Å². The minimum atomic E-state index is 0.0302. The summed E-state index contributed by atoms with van der Waals surface area (Å²) in [5, 5.41) is 18.6. The Balaban J connectivity index is 1.65. The van der Waals surface area contributed by atoms with Crippen LogP contribution in [0.15, 0.2) is 30.3 Å². The molecule has 7 heteroatoms. The molecule has 3 aromatic rings. The first-order valence-electron chi connectivity index (χ1n) is 9.38. The van der Waals surface area contributed by atoms with Crippen molar-refractivity contribution in [3.05, 3.63) is 53.1 Å². The number of nitrogens with zero attached hydrogens (tertiary/aromatic N) is 5. The Morgan fingerprint density at radius 1 is 1.19 bits per heavy atom.